The number of rotatable bonds is 4. The monoisotopic (exact) mass is 360 g/mol. The Balaban J connectivity index is 1.39. The Kier molecular flexibility index (Phi) is 4.85. The van der Waals surface area contributed by atoms with Crippen molar-refractivity contribution in [2.45, 2.75) is 25.6 Å². The van der Waals surface area contributed by atoms with Gasteiger partial charge in [0.2, 0.25) is 0 Å². The van der Waals surface area contributed by atoms with Crippen LogP contribution in [0.4, 0.5) is 0 Å². The number of ether oxygens (including phenoxy) is 3. The summed E-state index contributed by atoms with van der Waals surface area (Å²) in [5.41, 5.74) is 0.906. The highest BCUT2D eigenvalue weighted by Crippen LogP contribution is 2.40. The average molecular weight is 360 g/mol. The van der Waals surface area contributed by atoms with E-state index in [1.54, 1.807) is 6.20 Å². The molecule has 6 nitrogen and oxygen atoms in total. The highest BCUT2D eigenvalue weighted by molar-refractivity contribution is 7.12. The van der Waals surface area contributed by atoms with Crippen molar-refractivity contribution >= 4 is 17.2 Å². The van der Waals surface area contributed by atoms with Crippen LogP contribution in [0.5, 0.6) is 11.5 Å². The zero-order chi connectivity index (χ0) is 17.1. The molecule has 0 spiro atoms. The van der Waals surface area contributed by atoms with Crippen LogP contribution in [-0.2, 0) is 11.3 Å². The molecule has 132 valence electrons. The number of fused-ring (bicyclic) bond motifs is 1. The lowest BCUT2D eigenvalue weighted by molar-refractivity contribution is -0.00784. The van der Waals surface area contributed by atoms with Crippen molar-refractivity contribution in [2.24, 2.45) is 0 Å². The second-order valence-electron chi connectivity index (χ2n) is 6.10. The van der Waals surface area contributed by atoms with Crippen LogP contribution >= 0.6 is 11.3 Å². The molecular weight excluding hydrogens is 340 g/mol. The first-order valence-corrected chi connectivity index (χ1v) is 9.37. The third kappa shape index (κ3) is 3.62. The maximum Gasteiger partial charge on any atom is 0.267 e. The molecule has 0 N–H and O–H groups in total. The predicted octanol–water partition coefficient (Wildman–Crippen LogP) is 2.74. The highest BCUT2D eigenvalue weighted by Gasteiger charge is 2.30. The van der Waals surface area contributed by atoms with Gasteiger partial charge in [0, 0.05) is 24.7 Å². The minimum atomic E-state index is 0.00267. The fraction of sp³-hybridized carbons (Fsp3) is 0.444. The smallest absolute Gasteiger partial charge is 0.267 e. The molecule has 2 aromatic rings. The summed E-state index contributed by atoms with van der Waals surface area (Å²) >= 11 is 1.39. The van der Waals surface area contributed by atoms with Crippen molar-refractivity contribution in [2.75, 3.05) is 26.3 Å². The first-order chi connectivity index (χ1) is 12.3. The lowest BCUT2D eigenvalue weighted by Crippen LogP contribution is -2.43. The van der Waals surface area contributed by atoms with E-state index in [1.165, 1.54) is 11.3 Å². The zero-order valence-corrected chi connectivity index (χ0v) is 14.7. The molecule has 0 aliphatic carbocycles. The molecule has 0 radical (unpaired) electrons. The number of hydrogen-bond acceptors (Lipinski definition) is 6. The molecule has 1 saturated heterocycles. The van der Waals surface area contributed by atoms with Crippen LogP contribution in [-0.4, -0.2) is 48.2 Å². The number of nitrogens with zero attached hydrogens (tertiary/aromatic N) is 2. The summed E-state index contributed by atoms with van der Waals surface area (Å²) in [6.45, 7) is 2.83. The molecule has 4 heterocycles. The Morgan fingerprint density at radius 3 is 3.16 bits per heavy atom. The average Bonchev–Trinajstić information content (AvgIpc) is 3.11. The fourth-order valence-corrected chi connectivity index (χ4v) is 4.00. The van der Waals surface area contributed by atoms with Crippen LogP contribution in [0.2, 0.25) is 0 Å². The van der Waals surface area contributed by atoms with Crippen molar-refractivity contribution in [3.8, 4) is 11.5 Å². The third-order valence-electron chi connectivity index (χ3n) is 4.35. The third-order valence-corrected chi connectivity index (χ3v) is 5.28. The quantitative estimate of drug-likeness (QED) is 0.839. The van der Waals surface area contributed by atoms with Crippen LogP contribution in [0, 0.1) is 0 Å². The molecule has 0 bridgehead atoms. The van der Waals surface area contributed by atoms with Gasteiger partial charge in [-0.05, 0) is 25.0 Å². The van der Waals surface area contributed by atoms with E-state index in [0.29, 0.717) is 42.7 Å². The lowest BCUT2D eigenvalue weighted by Gasteiger charge is -2.32. The van der Waals surface area contributed by atoms with Gasteiger partial charge in [-0.25, -0.2) is 0 Å². The summed E-state index contributed by atoms with van der Waals surface area (Å²) in [6.07, 6.45) is 3.69. The van der Waals surface area contributed by atoms with E-state index in [1.807, 2.05) is 28.5 Å². The molecule has 1 amide bonds. The molecule has 0 aromatic carbocycles. The Morgan fingerprint density at radius 1 is 1.36 bits per heavy atom. The van der Waals surface area contributed by atoms with Gasteiger partial charge in [-0.2, -0.15) is 0 Å². The molecular formula is C18H20N2O4S. The van der Waals surface area contributed by atoms with Crippen LogP contribution in [0.15, 0.2) is 29.8 Å². The summed E-state index contributed by atoms with van der Waals surface area (Å²) in [7, 11) is 0. The zero-order valence-electron chi connectivity index (χ0n) is 13.8. The van der Waals surface area contributed by atoms with E-state index in [4.69, 9.17) is 14.2 Å². The summed E-state index contributed by atoms with van der Waals surface area (Å²) in [6, 6.07) is 5.78. The van der Waals surface area contributed by atoms with Crippen LogP contribution in [0.1, 0.15) is 28.2 Å². The van der Waals surface area contributed by atoms with Gasteiger partial charge in [-0.15, -0.1) is 11.3 Å². The normalized spacial score (nSPS) is 19.7. The number of piperidine rings is 1. The summed E-state index contributed by atoms with van der Waals surface area (Å²) in [5, 5.41) is 1.85. The van der Waals surface area contributed by atoms with Gasteiger partial charge in [-0.3, -0.25) is 9.78 Å². The summed E-state index contributed by atoms with van der Waals surface area (Å²) in [4.78, 5) is 19.6. The van der Waals surface area contributed by atoms with Gasteiger partial charge in [0.15, 0.2) is 11.5 Å². The van der Waals surface area contributed by atoms with Gasteiger partial charge in [0.05, 0.1) is 18.4 Å². The SMILES string of the molecule is O=C(c1scc2c1OCCO2)N1CCC[C@@H](OCc2ccccn2)C1. The van der Waals surface area contributed by atoms with E-state index in [2.05, 4.69) is 4.98 Å². The van der Waals surface area contributed by atoms with Crippen LogP contribution < -0.4 is 9.47 Å². The number of pyridine rings is 1. The van der Waals surface area contributed by atoms with E-state index >= 15 is 0 Å². The molecule has 2 aromatic heterocycles. The van der Waals surface area contributed by atoms with E-state index in [-0.39, 0.29) is 12.0 Å². The summed E-state index contributed by atoms with van der Waals surface area (Å²) in [5.74, 6) is 1.28. The van der Waals surface area contributed by atoms with Crippen molar-refractivity contribution < 1.29 is 19.0 Å². The molecule has 0 unspecified atom stereocenters. The maximum absolute atomic E-state index is 12.9. The van der Waals surface area contributed by atoms with Crippen molar-refractivity contribution in [1.82, 2.24) is 9.88 Å². The molecule has 1 atom stereocenters. The standard InChI is InChI=1S/C18H20N2O4S/c21-18(17-16-15(12-25-17)22-8-9-23-16)20-7-3-5-14(10-20)24-11-13-4-1-2-6-19-13/h1-2,4,6,12,14H,3,5,7-11H2/t14-/m1/s1. The number of likely N-dealkylation sites (tertiary alicyclic amines) is 1. The van der Waals surface area contributed by atoms with Crippen molar-refractivity contribution in [3.05, 3.63) is 40.3 Å². The topological polar surface area (TPSA) is 60.9 Å². The summed E-state index contributed by atoms with van der Waals surface area (Å²) < 4.78 is 17.1. The van der Waals surface area contributed by atoms with Gasteiger partial charge < -0.3 is 19.1 Å². The fourth-order valence-electron chi connectivity index (χ4n) is 3.10. The van der Waals surface area contributed by atoms with Crippen LogP contribution in [0.25, 0.3) is 0 Å². The van der Waals surface area contributed by atoms with Gasteiger partial charge >= 0.3 is 0 Å². The molecule has 2 aliphatic rings. The van der Waals surface area contributed by atoms with E-state index < -0.39 is 0 Å². The van der Waals surface area contributed by atoms with Gasteiger partial charge in [-0.1, -0.05) is 6.07 Å². The molecule has 25 heavy (non-hydrogen) atoms. The molecule has 0 saturated carbocycles. The predicted molar refractivity (Wildman–Crippen MR) is 93.3 cm³/mol. The maximum atomic E-state index is 12.9. The Bertz CT molecular complexity index is 734. The van der Waals surface area contributed by atoms with E-state index in [9.17, 15) is 4.79 Å². The van der Waals surface area contributed by atoms with Crippen LogP contribution in [0.3, 0.4) is 0 Å². The molecule has 1 fully saturated rings. The lowest BCUT2D eigenvalue weighted by atomic mass is 10.1. The van der Waals surface area contributed by atoms with Crippen molar-refractivity contribution in [3.63, 3.8) is 0 Å². The second-order valence-corrected chi connectivity index (χ2v) is 6.98. The molecule has 4 rings (SSSR count). The first-order valence-electron chi connectivity index (χ1n) is 8.49. The van der Waals surface area contributed by atoms with Crippen molar-refractivity contribution in [1.29, 1.82) is 0 Å². The van der Waals surface area contributed by atoms with E-state index in [0.717, 1.165) is 25.1 Å². The number of carbonyl (C=O) groups is 1. The number of amides is 1. The molecule has 2 aliphatic heterocycles. The van der Waals surface area contributed by atoms with Gasteiger partial charge in [0.25, 0.3) is 5.91 Å². The Hall–Kier alpha value is -2.12. The Labute approximate surface area is 150 Å². The minimum Gasteiger partial charge on any atom is -0.485 e. The Morgan fingerprint density at radius 2 is 2.28 bits per heavy atom. The number of aromatic nitrogens is 1. The second kappa shape index (κ2) is 7.41. The first kappa shape index (κ1) is 16.4. The van der Waals surface area contributed by atoms with Gasteiger partial charge in [0.1, 0.15) is 18.1 Å². The number of carbonyl (C=O) groups excluding carboxylic acids is 1. The number of thiophene rings is 1. The minimum absolute atomic E-state index is 0.00267. The number of hydrogen-bond donors (Lipinski definition) is 0. The highest BCUT2D eigenvalue weighted by atomic mass is 32.1. The largest absolute Gasteiger partial charge is 0.485 e. The molecule has 7 heteroatoms.